The number of para-hydroxylation sites is 1. The lowest BCUT2D eigenvalue weighted by molar-refractivity contribution is -0.141. The van der Waals surface area contributed by atoms with E-state index in [-0.39, 0.29) is 37.7 Å². The van der Waals surface area contributed by atoms with Crippen LogP contribution in [-0.4, -0.2) is 119 Å². The molecular formula is C50H64N9O13S-. The van der Waals surface area contributed by atoms with Crippen LogP contribution in [0, 0.1) is 0 Å². The Morgan fingerprint density at radius 3 is 1.67 bits per heavy atom. The standard InChI is InChI=1S/C50H65N9O13S/c1-4-6-16-37(56-48(67)40(54-30(3)60)24-32-19-21-33(22-20-32)29-73(70,71)72)46(65)53-28-43(61)55-41(25-34-27-52-36-18-12-11-15-35(34)36)49(68)57-38(17-7-5-2)47(66)59-42(26-44(62)63)50(69)58-39(45(51)64)23-31-13-9-8-10-14-31/h8-15,18-22,27,37-42,52H,4-7,16-17,23-26,28-29H2,1-3H3,(H2,51,64)(H,53,65)(H,54,60)(H,55,61)(H,56,67)(H,57,68)(H,58,69)(H,59,66)(H,62,63)(H,70,71,72)/p-1/t37-,38-,39-,40-,41-,42-/m0/s1. The fourth-order valence-corrected chi connectivity index (χ4v) is 8.43. The number of carboxylic acid groups (broad SMARTS) is 1. The fraction of sp³-hybridized carbons (Fsp3) is 0.420. The third-order valence-corrected chi connectivity index (χ3v) is 12.3. The number of nitrogens with one attached hydrogen (secondary N) is 8. The van der Waals surface area contributed by atoms with Crippen molar-refractivity contribution >= 4 is 74.2 Å². The molecule has 23 heteroatoms. The van der Waals surface area contributed by atoms with Gasteiger partial charge in [-0.15, -0.1) is 0 Å². The van der Waals surface area contributed by atoms with Crippen LogP contribution < -0.4 is 43.0 Å². The molecule has 394 valence electrons. The van der Waals surface area contributed by atoms with Gasteiger partial charge in [-0.1, -0.05) is 112 Å². The molecule has 73 heavy (non-hydrogen) atoms. The summed E-state index contributed by atoms with van der Waals surface area (Å²) in [7, 11) is -4.54. The molecule has 4 aromatic rings. The summed E-state index contributed by atoms with van der Waals surface area (Å²) in [5.74, 6) is -8.70. The molecule has 0 aliphatic carbocycles. The number of nitrogens with two attached hydrogens (primary N) is 1. The van der Waals surface area contributed by atoms with E-state index < -0.39 is 118 Å². The lowest BCUT2D eigenvalue weighted by atomic mass is 10.0. The van der Waals surface area contributed by atoms with Gasteiger partial charge in [-0.2, -0.15) is 0 Å². The summed E-state index contributed by atoms with van der Waals surface area (Å²) < 4.78 is 33.6. The highest BCUT2D eigenvalue weighted by atomic mass is 32.2. The van der Waals surface area contributed by atoms with Gasteiger partial charge < -0.3 is 57.6 Å². The number of carbonyl (C=O) groups excluding carboxylic acids is 8. The van der Waals surface area contributed by atoms with Crippen LogP contribution in [0.4, 0.5) is 0 Å². The van der Waals surface area contributed by atoms with Gasteiger partial charge in [0.05, 0.1) is 28.8 Å². The zero-order valence-electron chi connectivity index (χ0n) is 40.9. The average Bonchev–Trinajstić information content (AvgIpc) is 3.74. The topological polar surface area (TPSA) is 357 Å². The van der Waals surface area contributed by atoms with Gasteiger partial charge in [-0.3, -0.25) is 43.2 Å². The highest BCUT2D eigenvalue weighted by Gasteiger charge is 2.33. The number of carboxylic acids is 1. The number of primary amides is 1. The molecular weight excluding hydrogens is 967 g/mol. The number of hydrogen-bond acceptors (Lipinski definition) is 12. The number of benzene rings is 3. The summed E-state index contributed by atoms with van der Waals surface area (Å²) in [5, 5.41) is 28.3. The maximum atomic E-state index is 14.3. The quantitative estimate of drug-likeness (QED) is 0.0321. The number of unbranched alkanes of at least 4 members (excludes halogenated alkanes) is 2. The number of aliphatic carboxylic acids is 1. The highest BCUT2D eigenvalue weighted by Crippen LogP contribution is 2.20. The number of H-pyrrole nitrogens is 1. The minimum absolute atomic E-state index is 0.0161. The van der Waals surface area contributed by atoms with Crippen LogP contribution in [0.1, 0.15) is 88.0 Å². The first-order valence-electron chi connectivity index (χ1n) is 23.8. The SMILES string of the molecule is CCCC[C@H](NC(=O)[C@H](Cc1ccc(CS(=O)(=O)[O-])cc1)NC(C)=O)C(=O)NCC(=O)N[C@@H](Cc1c[nH]c2ccccc12)C(=O)N[C@@H](CCCC)C(=O)N[C@@H](CC(=O)O)C(=O)N[C@@H](Cc1ccccc1)C(N)=O. The van der Waals surface area contributed by atoms with Crippen molar-refractivity contribution in [2.45, 2.75) is 127 Å². The monoisotopic (exact) mass is 1030 g/mol. The van der Waals surface area contributed by atoms with Gasteiger partial charge >= 0.3 is 5.97 Å². The van der Waals surface area contributed by atoms with Crippen LogP contribution >= 0.6 is 0 Å². The van der Waals surface area contributed by atoms with Crippen LogP contribution in [0.3, 0.4) is 0 Å². The van der Waals surface area contributed by atoms with Gasteiger partial charge in [-0.25, -0.2) is 8.42 Å². The van der Waals surface area contributed by atoms with E-state index in [0.29, 0.717) is 42.4 Å². The number of carbonyl (C=O) groups is 9. The Morgan fingerprint density at radius 1 is 0.603 bits per heavy atom. The van der Waals surface area contributed by atoms with Crippen molar-refractivity contribution in [1.82, 2.24) is 42.2 Å². The molecule has 11 N–H and O–H groups in total. The summed E-state index contributed by atoms with van der Waals surface area (Å²) in [5.41, 5.74) is 8.30. The molecule has 0 aliphatic rings. The molecule has 1 heterocycles. The Kier molecular flexibility index (Phi) is 22.5. The molecule has 6 atom stereocenters. The van der Waals surface area contributed by atoms with Crippen molar-refractivity contribution in [2.24, 2.45) is 5.73 Å². The summed E-state index contributed by atoms with van der Waals surface area (Å²) in [6.07, 6.45) is 2.81. The van der Waals surface area contributed by atoms with Crippen LogP contribution in [0.25, 0.3) is 10.9 Å². The highest BCUT2D eigenvalue weighted by molar-refractivity contribution is 7.84. The summed E-state index contributed by atoms with van der Waals surface area (Å²) in [6, 6.07) is 13.6. The van der Waals surface area contributed by atoms with Crippen LogP contribution in [0.2, 0.25) is 0 Å². The summed E-state index contributed by atoms with van der Waals surface area (Å²) in [4.78, 5) is 122. The number of amides is 8. The molecule has 0 bridgehead atoms. The largest absolute Gasteiger partial charge is 0.748 e. The molecule has 0 unspecified atom stereocenters. The van der Waals surface area contributed by atoms with Gasteiger partial charge in [0, 0.05) is 43.3 Å². The zero-order chi connectivity index (χ0) is 53.7. The maximum Gasteiger partial charge on any atom is 0.305 e. The molecule has 1 aromatic heterocycles. The first-order valence-corrected chi connectivity index (χ1v) is 25.4. The number of hydrogen-bond donors (Lipinski definition) is 10. The molecule has 22 nitrogen and oxygen atoms in total. The minimum Gasteiger partial charge on any atom is -0.748 e. The van der Waals surface area contributed by atoms with Crippen LogP contribution in [-0.2, 0) is 78.3 Å². The first-order chi connectivity index (χ1) is 34.7. The van der Waals surface area contributed by atoms with Crippen LogP contribution in [0.15, 0.2) is 85.1 Å². The Labute approximate surface area is 422 Å². The van der Waals surface area contributed by atoms with Gasteiger partial charge in [0.25, 0.3) is 0 Å². The van der Waals surface area contributed by atoms with Gasteiger partial charge in [0.1, 0.15) is 36.3 Å². The maximum absolute atomic E-state index is 14.3. The van der Waals surface area contributed by atoms with Gasteiger partial charge in [0.2, 0.25) is 47.3 Å². The Hall–Kier alpha value is -7.66. The van der Waals surface area contributed by atoms with Crippen molar-refractivity contribution in [3.8, 4) is 0 Å². The van der Waals surface area contributed by atoms with E-state index in [9.17, 15) is 61.2 Å². The van der Waals surface area contributed by atoms with Crippen molar-refractivity contribution in [2.75, 3.05) is 6.54 Å². The van der Waals surface area contributed by atoms with Crippen molar-refractivity contribution in [3.05, 3.63) is 107 Å². The van der Waals surface area contributed by atoms with E-state index >= 15 is 0 Å². The van der Waals surface area contributed by atoms with Gasteiger partial charge in [-0.05, 0) is 41.2 Å². The number of aromatic amines is 1. The predicted octanol–water partition coefficient (Wildman–Crippen LogP) is 0.626. The van der Waals surface area contributed by atoms with Gasteiger partial charge in [0.15, 0.2) is 0 Å². The Balaban J connectivity index is 1.51. The lowest BCUT2D eigenvalue weighted by Gasteiger charge is -2.26. The van der Waals surface area contributed by atoms with E-state index in [4.69, 9.17) is 5.73 Å². The number of fused-ring (bicyclic) bond motifs is 1. The molecule has 0 saturated carbocycles. The molecule has 4 rings (SSSR count). The minimum atomic E-state index is -4.54. The molecule has 0 radical (unpaired) electrons. The van der Waals surface area contributed by atoms with Crippen molar-refractivity contribution in [1.29, 1.82) is 0 Å². The normalized spacial score (nSPS) is 13.7. The molecule has 8 amide bonds. The third kappa shape index (κ3) is 19.8. The van der Waals surface area contributed by atoms with E-state index in [1.165, 1.54) is 31.2 Å². The molecule has 0 fully saturated rings. The number of rotatable bonds is 30. The molecule has 0 saturated heterocycles. The number of aromatic nitrogens is 1. The molecule has 3 aromatic carbocycles. The summed E-state index contributed by atoms with van der Waals surface area (Å²) in [6.45, 7) is 4.23. The van der Waals surface area contributed by atoms with E-state index in [1.54, 1.807) is 54.7 Å². The van der Waals surface area contributed by atoms with E-state index in [1.807, 2.05) is 19.9 Å². The third-order valence-electron chi connectivity index (χ3n) is 11.6. The Morgan fingerprint density at radius 2 is 1.10 bits per heavy atom. The van der Waals surface area contributed by atoms with Crippen LogP contribution in [0.5, 0.6) is 0 Å². The van der Waals surface area contributed by atoms with Crippen molar-refractivity contribution in [3.63, 3.8) is 0 Å². The zero-order valence-corrected chi connectivity index (χ0v) is 41.7. The Bertz CT molecular complexity index is 2680. The second-order valence-corrected chi connectivity index (χ2v) is 19.0. The smallest absolute Gasteiger partial charge is 0.305 e. The second-order valence-electron chi connectivity index (χ2n) is 17.6. The fourth-order valence-electron chi connectivity index (χ4n) is 7.83. The average molecular weight is 1030 g/mol. The van der Waals surface area contributed by atoms with E-state index in [2.05, 4.69) is 42.2 Å². The summed E-state index contributed by atoms with van der Waals surface area (Å²) >= 11 is 0. The second kappa shape index (κ2) is 28.4. The predicted molar refractivity (Wildman–Crippen MR) is 266 cm³/mol. The molecule has 0 spiro atoms. The van der Waals surface area contributed by atoms with E-state index in [0.717, 1.165) is 10.9 Å². The van der Waals surface area contributed by atoms with Crippen molar-refractivity contribution < 1.29 is 61.2 Å². The molecule has 0 aliphatic heterocycles. The lowest BCUT2D eigenvalue weighted by Crippen LogP contribution is -2.59. The first kappa shape index (κ1) is 57.9.